The molecule has 1 amide bonds. The van der Waals surface area contributed by atoms with E-state index in [1.54, 1.807) is 11.8 Å². The van der Waals surface area contributed by atoms with Crippen LogP contribution in [0.3, 0.4) is 0 Å². The lowest BCUT2D eigenvalue weighted by Crippen LogP contribution is -2.33. The third-order valence-electron chi connectivity index (χ3n) is 8.25. The minimum atomic E-state index is -0.724. The van der Waals surface area contributed by atoms with Gasteiger partial charge in [-0.05, 0) is 68.1 Å². The van der Waals surface area contributed by atoms with Crippen LogP contribution in [0.1, 0.15) is 51.5 Å². The number of nitrogens with zero attached hydrogens (tertiary/aromatic N) is 1. The Morgan fingerprint density at radius 2 is 1.79 bits per heavy atom. The second-order valence-electron chi connectivity index (χ2n) is 11.1. The zero-order valence-electron chi connectivity index (χ0n) is 23.1. The first-order valence-electron chi connectivity index (χ1n) is 14.2. The number of carbonyl (C=O) groups is 1. The van der Waals surface area contributed by atoms with Crippen LogP contribution in [0.4, 0.5) is 5.69 Å². The van der Waals surface area contributed by atoms with E-state index < -0.39 is 12.2 Å². The first-order valence-corrected chi connectivity index (χ1v) is 14.2. The third kappa shape index (κ3) is 7.96. The highest BCUT2D eigenvalue weighted by Crippen LogP contribution is 2.50. The maximum absolute atomic E-state index is 13.1. The van der Waals surface area contributed by atoms with Gasteiger partial charge in [0.05, 0.1) is 12.6 Å². The van der Waals surface area contributed by atoms with Crippen molar-refractivity contribution in [3.05, 3.63) is 66.2 Å². The van der Waals surface area contributed by atoms with Crippen LogP contribution < -0.4 is 4.90 Å². The minimum absolute atomic E-state index is 0.0130. The second kappa shape index (κ2) is 14.3. The molecule has 5 heteroatoms. The highest BCUT2D eigenvalue weighted by atomic mass is 16.5. The molecule has 2 saturated carbocycles. The van der Waals surface area contributed by atoms with Crippen molar-refractivity contribution in [3.63, 3.8) is 0 Å². The molecule has 0 aromatic heterocycles. The van der Waals surface area contributed by atoms with E-state index in [4.69, 9.17) is 4.74 Å². The average molecular weight is 528 g/mol. The van der Waals surface area contributed by atoms with E-state index in [1.165, 1.54) is 0 Å². The predicted octanol–water partition coefficient (Wildman–Crippen LogP) is 5.06. The molecule has 206 valence electrons. The van der Waals surface area contributed by atoms with Gasteiger partial charge >= 0.3 is 0 Å². The van der Waals surface area contributed by atoms with Crippen molar-refractivity contribution < 1.29 is 19.7 Å². The van der Waals surface area contributed by atoms with Gasteiger partial charge in [0.1, 0.15) is 12.7 Å². The molecule has 0 radical (unpaired) electrons. The number of rotatable bonds is 10. The standard InChI is InChI=1S/C34H41NO4/c1-3-4-11-25(2)32(36)17-16-30-31-21-27(20-28(31)22-33(30)37)18-19-39-24-34(38)35(29-14-9-6-10-15-29)23-26-12-7-5-8-13-26/h5-10,12-15,25,27-28,30-33,36-37H,11,18-24H2,1-2H3/t25?,27?,28-,30-,31-,32?,33-/m1/s1. The molecule has 0 spiro atoms. The van der Waals surface area contributed by atoms with Crippen LogP contribution in [0.15, 0.2) is 60.7 Å². The summed E-state index contributed by atoms with van der Waals surface area (Å²) in [6, 6.07) is 19.7. The summed E-state index contributed by atoms with van der Waals surface area (Å²) < 4.78 is 5.89. The molecule has 5 nitrogen and oxygen atoms in total. The van der Waals surface area contributed by atoms with Gasteiger partial charge in [-0.25, -0.2) is 0 Å². The fourth-order valence-corrected chi connectivity index (χ4v) is 6.05. The summed E-state index contributed by atoms with van der Waals surface area (Å²) in [5, 5.41) is 21.0. The topological polar surface area (TPSA) is 70.0 Å². The molecule has 4 rings (SSSR count). The van der Waals surface area contributed by atoms with E-state index in [1.807, 2.05) is 67.6 Å². The molecule has 3 unspecified atom stereocenters. The van der Waals surface area contributed by atoms with Crippen LogP contribution in [0, 0.1) is 53.3 Å². The molecule has 2 aromatic carbocycles. The Hall–Kier alpha value is -3.09. The molecule has 0 bridgehead atoms. The number of amides is 1. The maximum Gasteiger partial charge on any atom is 0.253 e. The van der Waals surface area contributed by atoms with Gasteiger partial charge in [-0.1, -0.05) is 67.3 Å². The molecule has 2 aromatic rings. The van der Waals surface area contributed by atoms with Crippen LogP contribution in [0.25, 0.3) is 0 Å². The largest absolute Gasteiger partial charge is 0.392 e. The van der Waals surface area contributed by atoms with E-state index in [0.717, 1.165) is 36.9 Å². The smallest absolute Gasteiger partial charge is 0.253 e. The van der Waals surface area contributed by atoms with Crippen LogP contribution in [-0.2, 0) is 16.1 Å². The Labute approximate surface area is 233 Å². The van der Waals surface area contributed by atoms with Gasteiger partial charge in [-0.3, -0.25) is 4.79 Å². The van der Waals surface area contributed by atoms with Crippen molar-refractivity contribution in [2.75, 3.05) is 18.1 Å². The highest BCUT2D eigenvalue weighted by Gasteiger charge is 2.47. The van der Waals surface area contributed by atoms with Crippen LogP contribution >= 0.6 is 0 Å². The summed E-state index contributed by atoms with van der Waals surface area (Å²) >= 11 is 0. The van der Waals surface area contributed by atoms with Crippen molar-refractivity contribution in [3.8, 4) is 23.7 Å². The van der Waals surface area contributed by atoms with E-state index >= 15 is 0 Å². The predicted molar refractivity (Wildman–Crippen MR) is 154 cm³/mol. The average Bonchev–Trinajstić information content (AvgIpc) is 3.48. The van der Waals surface area contributed by atoms with Crippen LogP contribution in [0.2, 0.25) is 0 Å². The van der Waals surface area contributed by atoms with Crippen molar-refractivity contribution in [1.29, 1.82) is 0 Å². The number of benzene rings is 2. The Morgan fingerprint density at radius 1 is 1.08 bits per heavy atom. The van der Waals surface area contributed by atoms with Crippen molar-refractivity contribution in [1.82, 2.24) is 0 Å². The summed E-state index contributed by atoms with van der Waals surface area (Å²) in [5.74, 6) is 13.3. The van der Waals surface area contributed by atoms with Crippen molar-refractivity contribution >= 4 is 11.6 Å². The van der Waals surface area contributed by atoms with Crippen molar-refractivity contribution in [2.45, 2.75) is 64.7 Å². The number of ether oxygens (including phenoxy) is 1. The number of fused-ring (bicyclic) bond motifs is 1. The quantitative estimate of drug-likeness (QED) is 0.335. The monoisotopic (exact) mass is 527 g/mol. The molecule has 0 aliphatic heterocycles. The molecule has 0 heterocycles. The number of aliphatic hydroxyl groups excluding tert-OH is 2. The Kier molecular flexibility index (Phi) is 10.6. The molecule has 2 fully saturated rings. The molecule has 39 heavy (non-hydrogen) atoms. The van der Waals surface area contributed by atoms with Crippen LogP contribution in [-0.4, -0.2) is 41.5 Å². The van der Waals surface area contributed by atoms with Gasteiger partial charge in [0.15, 0.2) is 0 Å². The summed E-state index contributed by atoms with van der Waals surface area (Å²) in [4.78, 5) is 14.9. The summed E-state index contributed by atoms with van der Waals surface area (Å²) in [5.41, 5.74) is 1.94. The molecule has 2 aliphatic carbocycles. The summed E-state index contributed by atoms with van der Waals surface area (Å²) in [7, 11) is 0. The van der Waals surface area contributed by atoms with E-state index in [-0.39, 0.29) is 24.3 Å². The Morgan fingerprint density at radius 3 is 2.51 bits per heavy atom. The molecule has 2 N–H and O–H groups in total. The van der Waals surface area contributed by atoms with Gasteiger partial charge in [-0.15, -0.1) is 11.8 Å². The minimum Gasteiger partial charge on any atom is -0.392 e. The summed E-state index contributed by atoms with van der Waals surface area (Å²) in [6.45, 7) is 4.84. The highest BCUT2D eigenvalue weighted by molar-refractivity contribution is 5.94. The number of hydrogen-bond donors (Lipinski definition) is 2. The van der Waals surface area contributed by atoms with Crippen LogP contribution in [0.5, 0.6) is 0 Å². The second-order valence-corrected chi connectivity index (χ2v) is 11.1. The van der Waals surface area contributed by atoms with Gasteiger partial charge in [0.2, 0.25) is 0 Å². The first-order chi connectivity index (χ1) is 19.0. The third-order valence-corrected chi connectivity index (χ3v) is 8.25. The van der Waals surface area contributed by atoms with E-state index in [2.05, 4.69) is 23.7 Å². The number of aliphatic hydroxyl groups is 2. The normalized spacial score (nSPS) is 25.0. The van der Waals surface area contributed by atoms with Gasteiger partial charge in [0.25, 0.3) is 5.91 Å². The molecule has 2 aliphatic rings. The summed E-state index contributed by atoms with van der Waals surface area (Å²) in [6.07, 6.45) is 3.22. The zero-order valence-corrected chi connectivity index (χ0v) is 23.1. The number of anilines is 1. The lowest BCUT2D eigenvalue weighted by molar-refractivity contribution is -0.123. The number of para-hydroxylation sites is 1. The van der Waals surface area contributed by atoms with Crippen molar-refractivity contribution in [2.24, 2.45) is 29.6 Å². The van der Waals surface area contributed by atoms with E-state index in [9.17, 15) is 15.0 Å². The number of hydrogen-bond acceptors (Lipinski definition) is 4. The molecule has 7 atom stereocenters. The number of carbonyl (C=O) groups excluding carboxylic acids is 1. The Bertz CT molecular complexity index is 1180. The molecular weight excluding hydrogens is 486 g/mol. The lowest BCUT2D eigenvalue weighted by Gasteiger charge is -2.23. The first kappa shape index (κ1) is 28.9. The molecular formula is C34H41NO4. The fourth-order valence-electron chi connectivity index (χ4n) is 6.05. The van der Waals surface area contributed by atoms with Gasteiger partial charge in [-0.2, -0.15) is 0 Å². The van der Waals surface area contributed by atoms with E-state index in [0.29, 0.717) is 37.3 Å². The lowest BCUT2D eigenvalue weighted by atomic mass is 9.90. The van der Waals surface area contributed by atoms with Gasteiger partial charge < -0.3 is 19.8 Å². The zero-order chi connectivity index (χ0) is 27.6. The Balaban J connectivity index is 1.25. The molecule has 0 saturated heterocycles. The maximum atomic E-state index is 13.1. The SMILES string of the molecule is CC#CCC(C)C(O)C#C[C@@H]1[C@@H]2CC(CCOCC(=O)N(Cc3ccccc3)c3ccccc3)C[C@@H]2C[C@H]1O. The van der Waals surface area contributed by atoms with Gasteiger partial charge in [0, 0.05) is 30.6 Å². The fraction of sp³-hybridized carbons (Fsp3) is 0.500.